The zero-order valence-corrected chi connectivity index (χ0v) is 10.1. The van der Waals surface area contributed by atoms with Gasteiger partial charge in [-0.25, -0.2) is 8.78 Å². The van der Waals surface area contributed by atoms with Gasteiger partial charge in [-0.2, -0.15) is 0 Å². The van der Waals surface area contributed by atoms with Crippen molar-refractivity contribution in [2.75, 3.05) is 19.7 Å². The van der Waals surface area contributed by atoms with E-state index >= 15 is 0 Å². The number of hydrogen-bond donors (Lipinski definition) is 1. The van der Waals surface area contributed by atoms with Crippen LogP contribution in [-0.2, 0) is 0 Å². The van der Waals surface area contributed by atoms with E-state index in [2.05, 4.69) is 6.58 Å². The molecule has 0 spiro atoms. The van der Waals surface area contributed by atoms with Gasteiger partial charge in [0.2, 0.25) is 0 Å². The van der Waals surface area contributed by atoms with Gasteiger partial charge in [-0.3, -0.25) is 4.79 Å². The topological polar surface area (TPSA) is 40.5 Å². The van der Waals surface area contributed by atoms with Crippen molar-refractivity contribution in [3.63, 3.8) is 0 Å². The van der Waals surface area contributed by atoms with Crippen molar-refractivity contribution in [2.45, 2.75) is 6.92 Å². The Labute approximate surface area is 104 Å². The predicted octanol–water partition coefficient (Wildman–Crippen LogP) is 1.89. The monoisotopic (exact) mass is 255 g/mol. The summed E-state index contributed by atoms with van der Waals surface area (Å²) in [6.07, 6.45) is 1.47. The Morgan fingerprint density at radius 1 is 1.44 bits per heavy atom. The second kappa shape index (κ2) is 6.26. The molecule has 3 nitrogen and oxygen atoms in total. The number of carbonyl (C=O) groups excluding carboxylic acids is 1. The molecule has 1 N–H and O–H groups in total. The van der Waals surface area contributed by atoms with Gasteiger partial charge in [-0.05, 0) is 18.6 Å². The van der Waals surface area contributed by atoms with Crippen molar-refractivity contribution in [2.24, 2.45) is 0 Å². The number of amides is 1. The number of nitrogens with zero attached hydrogens (tertiary/aromatic N) is 1. The van der Waals surface area contributed by atoms with Gasteiger partial charge in [0.15, 0.2) is 0 Å². The molecule has 1 aromatic rings. The van der Waals surface area contributed by atoms with Gasteiger partial charge >= 0.3 is 0 Å². The maximum absolute atomic E-state index is 13.5. The SMILES string of the molecule is C=CCN(CCO)C(=O)c1cc(C)c(F)cc1F. The number of aliphatic hydroxyl groups is 1. The molecule has 0 saturated carbocycles. The van der Waals surface area contributed by atoms with E-state index in [4.69, 9.17) is 5.11 Å². The molecular formula is C13H15F2NO2. The molecule has 1 aromatic carbocycles. The van der Waals surface area contributed by atoms with Crippen LogP contribution in [0.5, 0.6) is 0 Å². The lowest BCUT2D eigenvalue weighted by Gasteiger charge is -2.20. The molecule has 0 saturated heterocycles. The number of carbonyl (C=O) groups is 1. The highest BCUT2D eigenvalue weighted by Crippen LogP contribution is 2.16. The van der Waals surface area contributed by atoms with Gasteiger partial charge in [-0.1, -0.05) is 6.08 Å². The van der Waals surface area contributed by atoms with Crippen LogP contribution in [0.4, 0.5) is 8.78 Å². The molecule has 0 aliphatic heterocycles. The summed E-state index contributed by atoms with van der Waals surface area (Å²) < 4.78 is 26.6. The summed E-state index contributed by atoms with van der Waals surface area (Å²) in [7, 11) is 0. The molecule has 0 atom stereocenters. The molecule has 98 valence electrons. The van der Waals surface area contributed by atoms with Crippen LogP contribution < -0.4 is 0 Å². The largest absolute Gasteiger partial charge is 0.395 e. The lowest BCUT2D eigenvalue weighted by Crippen LogP contribution is -2.34. The van der Waals surface area contributed by atoms with Crippen LogP contribution in [0.1, 0.15) is 15.9 Å². The maximum atomic E-state index is 13.5. The highest BCUT2D eigenvalue weighted by Gasteiger charge is 2.19. The molecule has 0 fully saturated rings. The molecule has 0 aromatic heterocycles. The van der Waals surface area contributed by atoms with Crippen LogP contribution in [0, 0.1) is 18.6 Å². The second-order valence-electron chi connectivity index (χ2n) is 3.84. The Morgan fingerprint density at radius 3 is 2.67 bits per heavy atom. The number of halogens is 2. The van der Waals surface area contributed by atoms with Crippen LogP contribution in [-0.4, -0.2) is 35.6 Å². The fraction of sp³-hybridized carbons (Fsp3) is 0.308. The molecule has 1 rings (SSSR count). The van der Waals surface area contributed by atoms with Crippen molar-refractivity contribution in [3.8, 4) is 0 Å². The minimum atomic E-state index is -0.907. The molecule has 0 heterocycles. The van der Waals surface area contributed by atoms with Crippen LogP contribution in [0.3, 0.4) is 0 Å². The van der Waals surface area contributed by atoms with E-state index in [1.807, 2.05) is 0 Å². The van der Waals surface area contributed by atoms with Crippen molar-refractivity contribution < 1.29 is 18.7 Å². The minimum absolute atomic E-state index is 0.0702. The van der Waals surface area contributed by atoms with Gasteiger partial charge in [0.05, 0.1) is 12.2 Å². The number of aliphatic hydroxyl groups excluding tert-OH is 1. The van der Waals surface area contributed by atoms with Crippen molar-refractivity contribution >= 4 is 5.91 Å². The Morgan fingerprint density at radius 2 is 2.11 bits per heavy atom. The van der Waals surface area contributed by atoms with Gasteiger partial charge < -0.3 is 10.0 Å². The molecule has 18 heavy (non-hydrogen) atoms. The summed E-state index contributed by atoms with van der Waals surface area (Å²) in [5, 5.41) is 8.85. The van der Waals surface area contributed by atoms with Gasteiger partial charge in [0.1, 0.15) is 11.6 Å². The Balaban J connectivity index is 3.07. The number of aryl methyl sites for hydroxylation is 1. The minimum Gasteiger partial charge on any atom is -0.395 e. The summed E-state index contributed by atoms with van der Waals surface area (Å²) in [6.45, 7) is 4.96. The maximum Gasteiger partial charge on any atom is 0.257 e. The average Bonchev–Trinajstić information content (AvgIpc) is 2.33. The Bertz CT molecular complexity index is 461. The van der Waals surface area contributed by atoms with E-state index < -0.39 is 17.5 Å². The van der Waals surface area contributed by atoms with Crippen LogP contribution in [0.25, 0.3) is 0 Å². The second-order valence-corrected chi connectivity index (χ2v) is 3.84. The summed E-state index contributed by atoms with van der Waals surface area (Å²) in [6, 6.07) is 1.86. The fourth-order valence-corrected chi connectivity index (χ4v) is 1.54. The first-order valence-corrected chi connectivity index (χ1v) is 5.48. The fourth-order valence-electron chi connectivity index (χ4n) is 1.54. The lowest BCUT2D eigenvalue weighted by atomic mass is 10.1. The summed E-state index contributed by atoms with van der Waals surface area (Å²) in [4.78, 5) is 13.3. The van der Waals surface area contributed by atoms with E-state index in [0.717, 1.165) is 0 Å². The van der Waals surface area contributed by atoms with Crippen LogP contribution >= 0.6 is 0 Å². The van der Waals surface area contributed by atoms with Gasteiger partial charge in [0.25, 0.3) is 5.91 Å². The molecule has 0 radical (unpaired) electrons. The van der Waals surface area contributed by atoms with E-state index in [0.29, 0.717) is 6.07 Å². The average molecular weight is 255 g/mol. The van der Waals surface area contributed by atoms with Crippen LogP contribution in [0.15, 0.2) is 24.8 Å². The van der Waals surface area contributed by atoms with E-state index in [-0.39, 0.29) is 30.8 Å². The normalized spacial score (nSPS) is 10.2. The third-order valence-electron chi connectivity index (χ3n) is 2.49. The Kier molecular flexibility index (Phi) is 4.97. The third kappa shape index (κ3) is 3.13. The molecule has 0 bridgehead atoms. The first-order chi connectivity index (χ1) is 8.51. The van der Waals surface area contributed by atoms with E-state index in [9.17, 15) is 13.6 Å². The standard InChI is InChI=1S/C13H15F2NO2/c1-3-4-16(5-6-17)13(18)10-7-9(2)11(14)8-12(10)15/h3,7-8,17H,1,4-6H2,2H3. The highest BCUT2D eigenvalue weighted by atomic mass is 19.1. The molecular weight excluding hydrogens is 240 g/mol. The molecule has 5 heteroatoms. The van der Waals surface area contributed by atoms with Gasteiger partial charge in [-0.15, -0.1) is 6.58 Å². The van der Waals surface area contributed by atoms with Crippen molar-refractivity contribution in [3.05, 3.63) is 47.5 Å². The van der Waals surface area contributed by atoms with Gasteiger partial charge in [0, 0.05) is 19.2 Å². The third-order valence-corrected chi connectivity index (χ3v) is 2.49. The number of rotatable bonds is 5. The van der Waals surface area contributed by atoms with E-state index in [1.54, 1.807) is 0 Å². The smallest absolute Gasteiger partial charge is 0.257 e. The summed E-state index contributed by atoms with van der Waals surface area (Å²) in [5.74, 6) is -2.19. The number of hydrogen-bond acceptors (Lipinski definition) is 2. The van der Waals surface area contributed by atoms with E-state index in [1.165, 1.54) is 24.0 Å². The van der Waals surface area contributed by atoms with Crippen LogP contribution in [0.2, 0.25) is 0 Å². The summed E-state index contributed by atoms with van der Waals surface area (Å²) in [5.41, 5.74) is -0.00787. The number of benzene rings is 1. The molecule has 0 aliphatic carbocycles. The Hall–Kier alpha value is -1.75. The highest BCUT2D eigenvalue weighted by molar-refractivity contribution is 5.94. The zero-order chi connectivity index (χ0) is 13.7. The first kappa shape index (κ1) is 14.3. The zero-order valence-electron chi connectivity index (χ0n) is 10.1. The summed E-state index contributed by atoms with van der Waals surface area (Å²) >= 11 is 0. The lowest BCUT2D eigenvalue weighted by molar-refractivity contribution is 0.0738. The molecule has 1 amide bonds. The first-order valence-electron chi connectivity index (χ1n) is 5.48. The van der Waals surface area contributed by atoms with Crippen molar-refractivity contribution in [1.29, 1.82) is 0 Å². The van der Waals surface area contributed by atoms with Crippen molar-refractivity contribution in [1.82, 2.24) is 4.90 Å². The predicted molar refractivity (Wildman–Crippen MR) is 64.3 cm³/mol. The molecule has 0 unspecified atom stereocenters. The quantitative estimate of drug-likeness (QED) is 0.816. The molecule has 0 aliphatic rings.